The Kier molecular flexibility index (Phi) is 7.44. The van der Waals surface area contributed by atoms with Gasteiger partial charge >= 0.3 is 5.97 Å². The van der Waals surface area contributed by atoms with Crippen molar-refractivity contribution in [2.45, 2.75) is 33.0 Å². The van der Waals surface area contributed by atoms with Crippen molar-refractivity contribution in [2.24, 2.45) is 0 Å². The molecule has 0 saturated heterocycles. The van der Waals surface area contributed by atoms with Crippen molar-refractivity contribution in [1.82, 2.24) is 14.9 Å². The maximum Gasteiger partial charge on any atom is 0.351 e. The van der Waals surface area contributed by atoms with E-state index in [1.807, 2.05) is 78.9 Å². The fourth-order valence-corrected chi connectivity index (χ4v) is 4.45. The normalized spacial score (nSPS) is 11.6. The standard InChI is InChI=1S/C27H25N3O3S/c1-19-24(34-25(29-19)23-15-9-10-16-28-23)27(32)33-20(2)26(31)30(17-21-11-5-3-6-12-21)18-22-13-7-4-8-14-22/h3-16,20H,17-18H2,1-2H3. The topological polar surface area (TPSA) is 72.4 Å². The number of aromatic nitrogens is 2. The first-order valence-electron chi connectivity index (χ1n) is 11.0. The van der Waals surface area contributed by atoms with Crippen molar-refractivity contribution in [3.63, 3.8) is 0 Å². The van der Waals surface area contributed by atoms with E-state index in [-0.39, 0.29) is 5.91 Å². The van der Waals surface area contributed by atoms with E-state index in [9.17, 15) is 9.59 Å². The first-order valence-corrected chi connectivity index (χ1v) is 11.8. The number of pyridine rings is 1. The molecule has 172 valence electrons. The van der Waals surface area contributed by atoms with Gasteiger partial charge in [-0.25, -0.2) is 9.78 Å². The second-order valence-corrected chi connectivity index (χ2v) is 8.86. The fourth-order valence-electron chi connectivity index (χ4n) is 3.53. The van der Waals surface area contributed by atoms with Crippen LogP contribution in [0.4, 0.5) is 0 Å². The maximum absolute atomic E-state index is 13.4. The monoisotopic (exact) mass is 471 g/mol. The quantitative estimate of drug-likeness (QED) is 0.327. The van der Waals surface area contributed by atoms with E-state index in [4.69, 9.17) is 4.74 Å². The molecule has 34 heavy (non-hydrogen) atoms. The molecular weight excluding hydrogens is 446 g/mol. The zero-order valence-corrected chi connectivity index (χ0v) is 19.9. The predicted octanol–water partition coefficient (Wildman–Crippen LogP) is 5.29. The third kappa shape index (κ3) is 5.74. The summed E-state index contributed by atoms with van der Waals surface area (Å²) in [6, 6.07) is 25.1. The number of carbonyl (C=O) groups is 2. The van der Waals surface area contributed by atoms with Crippen molar-refractivity contribution >= 4 is 23.2 Å². The second-order valence-electron chi connectivity index (χ2n) is 7.86. The lowest BCUT2D eigenvalue weighted by molar-refractivity contribution is -0.141. The number of amides is 1. The number of ether oxygens (including phenoxy) is 1. The van der Waals surface area contributed by atoms with Gasteiger partial charge in [0.25, 0.3) is 5.91 Å². The Hall–Kier alpha value is -3.84. The lowest BCUT2D eigenvalue weighted by Gasteiger charge is -2.26. The number of esters is 1. The van der Waals surface area contributed by atoms with Crippen LogP contribution in [-0.4, -0.2) is 32.8 Å². The molecule has 2 aromatic carbocycles. The minimum absolute atomic E-state index is 0.256. The lowest BCUT2D eigenvalue weighted by atomic mass is 10.1. The van der Waals surface area contributed by atoms with Crippen LogP contribution in [0.15, 0.2) is 85.1 Å². The van der Waals surface area contributed by atoms with Crippen molar-refractivity contribution in [2.75, 3.05) is 0 Å². The smallest absolute Gasteiger partial charge is 0.351 e. The molecule has 2 aromatic heterocycles. The van der Waals surface area contributed by atoms with Crippen LogP contribution in [0.2, 0.25) is 0 Å². The summed E-state index contributed by atoms with van der Waals surface area (Å²) in [4.78, 5) is 37.1. The van der Waals surface area contributed by atoms with Gasteiger partial charge in [-0.3, -0.25) is 9.78 Å². The van der Waals surface area contributed by atoms with Gasteiger partial charge in [0.1, 0.15) is 9.88 Å². The summed E-state index contributed by atoms with van der Waals surface area (Å²) in [5, 5.41) is 0.638. The third-order valence-electron chi connectivity index (χ3n) is 5.24. The zero-order valence-electron chi connectivity index (χ0n) is 19.0. The fraction of sp³-hybridized carbons (Fsp3) is 0.185. The first-order chi connectivity index (χ1) is 16.5. The molecule has 0 fully saturated rings. The van der Waals surface area contributed by atoms with E-state index in [1.54, 1.807) is 24.9 Å². The van der Waals surface area contributed by atoms with Gasteiger partial charge in [0.05, 0.1) is 11.4 Å². The van der Waals surface area contributed by atoms with E-state index in [1.165, 1.54) is 11.3 Å². The van der Waals surface area contributed by atoms with Crippen molar-refractivity contribution < 1.29 is 14.3 Å². The summed E-state index contributed by atoms with van der Waals surface area (Å²) >= 11 is 1.21. The van der Waals surface area contributed by atoms with E-state index in [0.29, 0.717) is 34.4 Å². The van der Waals surface area contributed by atoms with Crippen LogP contribution in [0.25, 0.3) is 10.7 Å². The first kappa shape index (κ1) is 23.3. The molecule has 1 unspecified atom stereocenters. The highest BCUT2D eigenvalue weighted by atomic mass is 32.1. The molecule has 0 aliphatic rings. The Balaban J connectivity index is 1.49. The average molecular weight is 472 g/mol. The molecule has 0 spiro atoms. The van der Waals surface area contributed by atoms with Gasteiger partial charge in [-0.05, 0) is 37.1 Å². The number of thiazole rings is 1. The molecule has 0 radical (unpaired) electrons. The zero-order chi connectivity index (χ0) is 23.9. The molecule has 1 atom stereocenters. The highest BCUT2D eigenvalue weighted by Gasteiger charge is 2.27. The van der Waals surface area contributed by atoms with Gasteiger partial charge in [0.15, 0.2) is 6.10 Å². The van der Waals surface area contributed by atoms with Crippen molar-refractivity contribution in [3.8, 4) is 10.7 Å². The van der Waals surface area contributed by atoms with Gasteiger partial charge in [0, 0.05) is 19.3 Å². The lowest BCUT2D eigenvalue weighted by Crippen LogP contribution is -2.39. The molecule has 1 amide bonds. The van der Waals surface area contributed by atoms with Crippen LogP contribution in [0.1, 0.15) is 33.4 Å². The molecule has 6 nitrogen and oxygen atoms in total. The number of hydrogen-bond donors (Lipinski definition) is 0. The molecule has 7 heteroatoms. The van der Waals surface area contributed by atoms with Gasteiger partial charge in [-0.1, -0.05) is 66.7 Å². The Morgan fingerprint density at radius 3 is 2.06 bits per heavy atom. The van der Waals surface area contributed by atoms with E-state index in [2.05, 4.69) is 9.97 Å². The van der Waals surface area contributed by atoms with Gasteiger partial charge in [-0.2, -0.15) is 0 Å². The van der Waals surface area contributed by atoms with Gasteiger partial charge in [-0.15, -0.1) is 11.3 Å². The van der Waals surface area contributed by atoms with Crippen LogP contribution in [0, 0.1) is 6.92 Å². The summed E-state index contributed by atoms with van der Waals surface area (Å²) < 4.78 is 5.60. The Labute approximate surface area is 202 Å². The molecule has 0 aliphatic heterocycles. The van der Waals surface area contributed by atoms with E-state index >= 15 is 0 Å². The minimum atomic E-state index is -0.945. The SMILES string of the molecule is Cc1nc(-c2ccccn2)sc1C(=O)OC(C)C(=O)N(Cc1ccccc1)Cc1ccccc1. The van der Waals surface area contributed by atoms with Crippen molar-refractivity contribution in [3.05, 3.63) is 107 Å². The molecule has 0 bridgehead atoms. The van der Waals surface area contributed by atoms with Crippen LogP contribution < -0.4 is 0 Å². The summed E-state index contributed by atoms with van der Waals surface area (Å²) in [7, 11) is 0. The number of aryl methyl sites for hydroxylation is 1. The van der Waals surface area contributed by atoms with Crippen LogP contribution in [0.5, 0.6) is 0 Å². The Bertz CT molecular complexity index is 1200. The number of carbonyl (C=O) groups excluding carboxylic acids is 2. The third-order valence-corrected chi connectivity index (χ3v) is 6.40. The number of benzene rings is 2. The number of hydrogen-bond acceptors (Lipinski definition) is 6. The Morgan fingerprint density at radius 2 is 1.50 bits per heavy atom. The molecule has 0 aliphatic carbocycles. The Morgan fingerprint density at radius 1 is 0.912 bits per heavy atom. The molecule has 4 rings (SSSR count). The second kappa shape index (κ2) is 10.9. The highest BCUT2D eigenvalue weighted by Crippen LogP contribution is 2.27. The summed E-state index contributed by atoms with van der Waals surface area (Å²) in [6.45, 7) is 4.20. The molecule has 4 aromatic rings. The number of rotatable bonds is 8. The van der Waals surface area contributed by atoms with Crippen LogP contribution in [0.3, 0.4) is 0 Å². The van der Waals surface area contributed by atoms with Crippen LogP contribution in [-0.2, 0) is 22.6 Å². The average Bonchev–Trinajstić information content (AvgIpc) is 3.26. The largest absolute Gasteiger partial charge is 0.448 e. The maximum atomic E-state index is 13.4. The highest BCUT2D eigenvalue weighted by molar-refractivity contribution is 7.17. The molecule has 0 saturated carbocycles. The van der Waals surface area contributed by atoms with E-state index in [0.717, 1.165) is 11.1 Å². The predicted molar refractivity (Wildman–Crippen MR) is 132 cm³/mol. The molecular formula is C27H25N3O3S. The van der Waals surface area contributed by atoms with Gasteiger partial charge < -0.3 is 9.64 Å². The number of nitrogens with zero attached hydrogens (tertiary/aromatic N) is 3. The molecule has 2 heterocycles. The molecule has 0 N–H and O–H groups in total. The minimum Gasteiger partial charge on any atom is -0.448 e. The van der Waals surface area contributed by atoms with Crippen LogP contribution >= 0.6 is 11.3 Å². The summed E-state index contributed by atoms with van der Waals surface area (Å²) in [5.74, 6) is -0.814. The van der Waals surface area contributed by atoms with Gasteiger partial charge in [0.2, 0.25) is 0 Å². The summed E-state index contributed by atoms with van der Waals surface area (Å²) in [5.41, 5.74) is 3.25. The van der Waals surface area contributed by atoms with Crippen molar-refractivity contribution in [1.29, 1.82) is 0 Å². The van der Waals surface area contributed by atoms with E-state index < -0.39 is 12.1 Å². The summed E-state index contributed by atoms with van der Waals surface area (Å²) in [6.07, 6.45) is 0.735.